The Morgan fingerprint density at radius 1 is 1.05 bits per heavy atom. The lowest BCUT2D eigenvalue weighted by molar-refractivity contribution is -0.137. The fourth-order valence-electron chi connectivity index (χ4n) is 2.26. The maximum absolute atomic E-state index is 12.5. The highest BCUT2D eigenvalue weighted by Crippen LogP contribution is 2.18. The zero-order chi connectivity index (χ0) is 14.8. The Bertz CT molecular complexity index is 870. The van der Waals surface area contributed by atoms with Crippen molar-refractivity contribution >= 4 is 16.9 Å². The maximum Gasteiger partial charge on any atom is 0.323 e. The van der Waals surface area contributed by atoms with Crippen molar-refractivity contribution in [2.75, 3.05) is 0 Å². The highest BCUT2D eigenvalue weighted by Gasteiger charge is 2.14. The van der Waals surface area contributed by atoms with E-state index < -0.39 is 12.5 Å². The predicted octanol–water partition coefficient (Wildman–Crippen LogP) is 2.15. The summed E-state index contributed by atoms with van der Waals surface area (Å²) in [6.45, 7) is -0.416. The van der Waals surface area contributed by atoms with Gasteiger partial charge in [-0.3, -0.25) is 14.2 Å². The molecule has 0 aliphatic heterocycles. The average molecular weight is 280 g/mol. The highest BCUT2D eigenvalue weighted by molar-refractivity contribution is 5.80. The molecule has 0 saturated heterocycles. The third-order valence-corrected chi connectivity index (χ3v) is 3.19. The molecule has 0 aliphatic carbocycles. The van der Waals surface area contributed by atoms with Crippen LogP contribution < -0.4 is 5.56 Å². The van der Waals surface area contributed by atoms with Crippen molar-refractivity contribution in [1.29, 1.82) is 0 Å². The molecule has 5 heteroatoms. The smallest absolute Gasteiger partial charge is 0.323 e. The molecule has 2 aromatic carbocycles. The minimum Gasteiger partial charge on any atom is -0.480 e. The third-order valence-electron chi connectivity index (χ3n) is 3.19. The van der Waals surface area contributed by atoms with E-state index in [2.05, 4.69) is 4.98 Å². The van der Waals surface area contributed by atoms with E-state index in [1.165, 1.54) is 4.57 Å². The number of carboxylic acid groups (broad SMARTS) is 1. The molecule has 5 nitrogen and oxygen atoms in total. The Kier molecular flexibility index (Phi) is 3.23. The average Bonchev–Trinajstić information content (AvgIpc) is 2.50. The molecular formula is C16H12N2O3. The van der Waals surface area contributed by atoms with Gasteiger partial charge >= 0.3 is 5.97 Å². The van der Waals surface area contributed by atoms with Gasteiger partial charge in [0.15, 0.2) is 0 Å². The number of aliphatic carboxylic acids is 1. The van der Waals surface area contributed by atoms with Gasteiger partial charge in [-0.15, -0.1) is 0 Å². The normalized spacial score (nSPS) is 10.7. The number of para-hydroxylation sites is 1. The van der Waals surface area contributed by atoms with E-state index in [0.717, 1.165) is 0 Å². The van der Waals surface area contributed by atoms with Crippen LogP contribution in [0.3, 0.4) is 0 Å². The minimum atomic E-state index is -1.08. The zero-order valence-electron chi connectivity index (χ0n) is 11.1. The van der Waals surface area contributed by atoms with Crippen LogP contribution in [0.25, 0.3) is 22.3 Å². The monoisotopic (exact) mass is 280 g/mol. The van der Waals surface area contributed by atoms with Crippen molar-refractivity contribution in [3.05, 3.63) is 65.0 Å². The standard InChI is InChI=1S/C16H12N2O3/c19-14(20)10-18-15(11-6-2-1-3-7-11)17-13-9-5-4-8-12(13)16(18)21/h1-9H,10H2,(H,19,20). The number of carboxylic acids is 1. The van der Waals surface area contributed by atoms with Gasteiger partial charge in [-0.1, -0.05) is 42.5 Å². The fourth-order valence-corrected chi connectivity index (χ4v) is 2.26. The van der Waals surface area contributed by atoms with Gasteiger partial charge in [0, 0.05) is 5.56 Å². The molecule has 104 valence electrons. The summed E-state index contributed by atoms with van der Waals surface area (Å²) in [7, 11) is 0. The van der Waals surface area contributed by atoms with Gasteiger partial charge in [0.2, 0.25) is 0 Å². The number of fused-ring (bicyclic) bond motifs is 1. The van der Waals surface area contributed by atoms with Crippen LogP contribution in [0.2, 0.25) is 0 Å². The van der Waals surface area contributed by atoms with Crippen molar-refractivity contribution in [3.63, 3.8) is 0 Å². The summed E-state index contributed by atoms with van der Waals surface area (Å²) in [5.41, 5.74) is 0.923. The molecule has 3 rings (SSSR count). The van der Waals surface area contributed by atoms with Crippen LogP contribution in [0.1, 0.15) is 0 Å². The van der Waals surface area contributed by atoms with Crippen molar-refractivity contribution in [3.8, 4) is 11.4 Å². The summed E-state index contributed by atoms with van der Waals surface area (Å²) in [4.78, 5) is 28.0. The van der Waals surface area contributed by atoms with Gasteiger partial charge in [0.25, 0.3) is 5.56 Å². The Balaban J connectivity index is 2.36. The number of benzene rings is 2. The fraction of sp³-hybridized carbons (Fsp3) is 0.0625. The van der Waals surface area contributed by atoms with Gasteiger partial charge in [-0.25, -0.2) is 4.98 Å². The molecule has 1 aromatic heterocycles. The quantitative estimate of drug-likeness (QED) is 0.798. The molecule has 0 spiro atoms. The van der Waals surface area contributed by atoms with E-state index in [0.29, 0.717) is 22.3 Å². The van der Waals surface area contributed by atoms with Crippen LogP contribution in [0.4, 0.5) is 0 Å². The summed E-state index contributed by atoms with van der Waals surface area (Å²) >= 11 is 0. The largest absolute Gasteiger partial charge is 0.480 e. The number of carbonyl (C=O) groups is 1. The van der Waals surface area contributed by atoms with E-state index in [1.54, 1.807) is 36.4 Å². The molecule has 0 bridgehead atoms. The number of hydrogen-bond donors (Lipinski definition) is 1. The maximum atomic E-state index is 12.5. The first-order valence-electron chi connectivity index (χ1n) is 6.43. The summed E-state index contributed by atoms with van der Waals surface area (Å²) in [5, 5.41) is 9.46. The van der Waals surface area contributed by atoms with Crippen LogP contribution in [0, 0.1) is 0 Å². The molecular weight excluding hydrogens is 268 g/mol. The van der Waals surface area contributed by atoms with E-state index in [4.69, 9.17) is 5.11 Å². The third kappa shape index (κ3) is 2.41. The van der Waals surface area contributed by atoms with Crippen molar-refractivity contribution in [2.24, 2.45) is 0 Å². The van der Waals surface area contributed by atoms with Crippen LogP contribution in [0.15, 0.2) is 59.4 Å². The Morgan fingerprint density at radius 3 is 2.43 bits per heavy atom. The van der Waals surface area contributed by atoms with E-state index in [1.807, 2.05) is 18.2 Å². The second kappa shape index (κ2) is 5.20. The summed E-state index contributed by atoms with van der Waals surface area (Å²) < 4.78 is 1.19. The first-order valence-corrected chi connectivity index (χ1v) is 6.43. The molecule has 21 heavy (non-hydrogen) atoms. The second-order valence-corrected chi connectivity index (χ2v) is 4.60. The number of hydrogen-bond acceptors (Lipinski definition) is 3. The first kappa shape index (κ1) is 13.1. The van der Waals surface area contributed by atoms with Gasteiger partial charge < -0.3 is 5.11 Å². The van der Waals surface area contributed by atoms with Crippen LogP contribution >= 0.6 is 0 Å². The lowest BCUT2D eigenvalue weighted by Gasteiger charge is -2.11. The lowest BCUT2D eigenvalue weighted by Crippen LogP contribution is -2.26. The second-order valence-electron chi connectivity index (χ2n) is 4.60. The molecule has 0 saturated carbocycles. The molecule has 1 heterocycles. The Morgan fingerprint density at radius 2 is 1.71 bits per heavy atom. The number of aromatic nitrogens is 2. The van der Waals surface area contributed by atoms with Crippen molar-refractivity contribution in [1.82, 2.24) is 9.55 Å². The van der Waals surface area contributed by atoms with E-state index in [9.17, 15) is 9.59 Å². The Hall–Kier alpha value is -2.95. The van der Waals surface area contributed by atoms with Crippen LogP contribution in [-0.4, -0.2) is 20.6 Å². The van der Waals surface area contributed by atoms with E-state index >= 15 is 0 Å². The molecule has 0 radical (unpaired) electrons. The number of nitrogens with zero attached hydrogens (tertiary/aromatic N) is 2. The lowest BCUT2D eigenvalue weighted by atomic mass is 10.2. The predicted molar refractivity (Wildman–Crippen MR) is 79.1 cm³/mol. The first-order chi connectivity index (χ1) is 10.2. The molecule has 0 atom stereocenters. The van der Waals surface area contributed by atoms with Crippen LogP contribution in [-0.2, 0) is 11.3 Å². The zero-order valence-corrected chi connectivity index (χ0v) is 11.1. The van der Waals surface area contributed by atoms with Gasteiger partial charge in [0.1, 0.15) is 12.4 Å². The van der Waals surface area contributed by atoms with E-state index in [-0.39, 0.29) is 5.56 Å². The van der Waals surface area contributed by atoms with Crippen LogP contribution in [0.5, 0.6) is 0 Å². The highest BCUT2D eigenvalue weighted by atomic mass is 16.4. The summed E-state index contributed by atoms with van der Waals surface area (Å²) in [6.07, 6.45) is 0. The summed E-state index contributed by atoms with van der Waals surface area (Å²) in [5.74, 6) is -0.715. The van der Waals surface area contributed by atoms with Gasteiger partial charge in [-0.05, 0) is 12.1 Å². The molecule has 0 unspecified atom stereocenters. The SMILES string of the molecule is O=C(O)Cn1c(-c2ccccc2)nc2ccccc2c1=O. The van der Waals surface area contributed by atoms with Crippen molar-refractivity contribution < 1.29 is 9.90 Å². The van der Waals surface area contributed by atoms with Gasteiger partial charge in [-0.2, -0.15) is 0 Å². The summed E-state index contributed by atoms with van der Waals surface area (Å²) in [6, 6.07) is 16.0. The van der Waals surface area contributed by atoms with Crippen molar-refractivity contribution in [2.45, 2.75) is 6.54 Å². The molecule has 0 aliphatic rings. The number of rotatable bonds is 3. The molecule has 0 amide bonds. The van der Waals surface area contributed by atoms with Gasteiger partial charge in [0.05, 0.1) is 10.9 Å². The molecule has 0 fully saturated rings. The minimum absolute atomic E-state index is 0.346. The molecule has 1 N–H and O–H groups in total. The molecule has 3 aromatic rings. The Labute approximate surface area is 120 Å². The topological polar surface area (TPSA) is 72.2 Å².